The zero-order valence-corrected chi connectivity index (χ0v) is 11.9. The van der Waals surface area contributed by atoms with Gasteiger partial charge in [-0.05, 0) is 30.5 Å². The molecule has 0 radical (unpaired) electrons. The van der Waals surface area contributed by atoms with Crippen LogP contribution in [0.25, 0.3) is 0 Å². The van der Waals surface area contributed by atoms with E-state index in [2.05, 4.69) is 5.32 Å². The zero-order valence-electron chi connectivity index (χ0n) is 11.9. The van der Waals surface area contributed by atoms with Gasteiger partial charge in [0.15, 0.2) is 0 Å². The second-order valence-corrected chi connectivity index (χ2v) is 5.48. The number of alkyl halides is 3. The topological polar surface area (TPSA) is 35.5 Å². The van der Waals surface area contributed by atoms with E-state index in [1.165, 1.54) is 0 Å². The second-order valence-electron chi connectivity index (χ2n) is 5.48. The van der Waals surface area contributed by atoms with Gasteiger partial charge in [-0.25, -0.2) is 0 Å². The standard InChI is InChI=1S/C15H21F3N2O/c16-15(17,18)6-9-20-7-4-13(5-8-20)19-14-3-1-2-12(10-14)11-21/h1-3,10,13,19,21H,4-9,11H2. The molecule has 0 saturated carbocycles. The number of likely N-dealkylation sites (tertiary alicyclic amines) is 1. The summed E-state index contributed by atoms with van der Waals surface area (Å²) in [6.45, 7) is 1.47. The Kier molecular flexibility index (Phi) is 5.47. The number of halogens is 3. The Bertz CT molecular complexity index is 443. The van der Waals surface area contributed by atoms with Gasteiger partial charge in [0.2, 0.25) is 0 Å². The molecule has 0 aromatic heterocycles. The Morgan fingerprint density at radius 1 is 1.24 bits per heavy atom. The largest absolute Gasteiger partial charge is 0.392 e. The number of piperidine rings is 1. The minimum atomic E-state index is -4.07. The lowest BCUT2D eigenvalue weighted by Gasteiger charge is -2.33. The lowest BCUT2D eigenvalue weighted by molar-refractivity contribution is -0.138. The number of hydrogen-bond acceptors (Lipinski definition) is 3. The number of hydrogen-bond donors (Lipinski definition) is 2. The Balaban J connectivity index is 1.76. The molecule has 21 heavy (non-hydrogen) atoms. The van der Waals surface area contributed by atoms with Crippen LogP contribution in [-0.4, -0.2) is 41.9 Å². The van der Waals surface area contributed by atoms with Crippen LogP contribution in [0.2, 0.25) is 0 Å². The van der Waals surface area contributed by atoms with Crippen molar-refractivity contribution >= 4 is 5.69 Å². The van der Waals surface area contributed by atoms with Crippen LogP contribution in [0.5, 0.6) is 0 Å². The van der Waals surface area contributed by atoms with Crippen molar-refractivity contribution in [2.24, 2.45) is 0 Å². The van der Waals surface area contributed by atoms with E-state index in [9.17, 15) is 13.2 Å². The average molecular weight is 302 g/mol. The first kappa shape index (κ1) is 16.1. The van der Waals surface area contributed by atoms with Gasteiger partial charge in [0.1, 0.15) is 0 Å². The molecule has 3 nitrogen and oxygen atoms in total. The van der Waals surface area contributed by atoms with E-state index in [-0.39, 0.29) is 19.2 Å². The van der Waals surface area contributed by atoms with Gasteiger partial charge in [0.05, 0.1) is 13.0 Å². The first-order valence-electron chi connectivity index (χ1n) is 7.22. The van der Waals surface area contributed by atoms with Crippen molar-refractivity contribution < 1.29 is 18.3 Å². The van der Waals surface area contributed by atoms with Crippen molar-refractivity contribution in [3.05, 3.63) is 29.8 Å². The Labute approximate surface area is 122 Å². The number of benzene rings is 1. The quantitative estimate of drug-likeness (QED) is 0.877. The number of nitrogens with one attached hydrogen (secondary N) is 1. The number of nitrogens with zero attached hydrogens (tertiary/aromatic N) is 1. The number of rotatable bonds is 5. The summed E-state index contributed by atoms with van der Waals surface area (Å²) >= 11 is 0. The number of aliphatic hydroxyl groups excluding tert-OH is 1. The van der Waals surface area contributed by atoms with Crippen LogP contribution in [0.1, 0.15) is 24.8 Å². The summed E-state index contributed by atoms with van der Waals surface area (Å²) in [4.78, 5) is 1.87. The van der Waals surface area contributed by atoms with Crippen molar-refractivity contribution in [3.63, 3.8) is 0 Å². The van der Waals surface area contributed by atoms with E-state index >= 15 is 0 Å². The van der Waals surface area contributed by atoms with E-state index in [1.54, 1.807) is 0 Å². The van der Waals surface area contributed by atoms with Crippen molar-refractivity contribution in [3.8, 4) is 0 Å². The molecule has 6 heteroatoms. The summed E-state index contributed by atoms with van der Waals surface area (Å²) in [5, 5.41) is 12.5. The normalized spacial score (nSPS) is 17.9. The molecular weight excluding hydrogens is 281 g/mol. The Morgan fingerprint density at radius 3 is 2.57 bits per heavy atom. The van der Waals surface area contributed by atoms with Gasteiger partial charge in [-0.3, -0.25) is 0 Å². The van der Waals surface area contributed by atoms with Crippen molar-refractivity contribution in [2.45, 2.75) is 38.1 Å². The van der Waals surface area contributed by atoms with Crippen molar-refractivity contribution in [1.29, 1.82) is 0 Å². The SMILES string of the molecule is OCc1cccc(NC2CCN(CCC(F)(F)F)CC2)c1. The van der Waals surface area contributed by atoms with Crippen LogP contribution < -0.4 is 5.32 Å². The van der Waals surface area contributed by atoms with E-state index in [0.29, 0.717) is 13.1 Å². The zero-order chi connectivity index (χ0) is 15.3. The van der Waals surface area contributed by atoms with Crippen molar-refractivity contribution in [1.82, 2.24) is 4.90 Å². The Morgan fingerprint density at radius 2 is 1.95 bits per heavy atom. The molecule has 1 aromatic rings. The molecule has 1 saturated heterocycles. The van der Waals surface area contributed by atoms with Gasteiger partial charge < -0.3 is 15.3 Å². The third-order valence-corrected chi connectivity index (χ3v) is 3.78. The second kappa shape index (κ2) is 7.13. The van der Waals surface area contributed by atoms with E-state index < -0.39 is 12.6 Å². The lowest BCUT2D eigenvalue weighted by atomic mass is 10.0. The molecule has 0 bridgehead atoms. The van der Waals surface area contributed by atoms with Crippen LogP contribution in [0.3, 0.4) is 0 Å². The summed E-state index contributed by atoms with van der Waals surface area (Å²) in [5.41, 5.74) is 1.80. The molecule has 0 spiro atoms. The maximum absolute atomic E-state index is 12.2. The highest BCUT2D eigenvalue weighted by Crippen LogP contribution is 2.22. The van der Waals surface area contributed by atoms with Gasteiger partial charge in [-0.1, -0.05) is 12.1 Å². The molecule has 1 aromatic carbocycles. The third-order valence-electron chi connectivity index (χ3n) is 3.78. The molecule has 2 N–H and O–H groups in total. The number of anilines is 1. The van der Waals surface area contributed by atoms with Crippen LogP contribution >= 0.6 is 0 Å². The fourth-order valence-electron chi connectivity index (χ4n) is 2.58. The molecule has 0 aliphatic carbocycles. The minimum Gasteiger partial charge on any atom is -0.392 e. The smallest absolute Gasteiger partial charge is 0.390 e. The monoisotopic (exact) mass is 302 g/mol. The molecule has 1 aliphatic heterocycles. The molecule has 1 aliphatic rings. The van der Waals surface area contributed by atoms with E-state index in [0.717, 1.165) is 24.1 Å². The van der Waals surface area contributed by atoms with Gasteiger partial charge in [0, 0.05) is 31.4 Å². The van der Waals surface area contributed by atoms with Gasteiger partial charge in [-0.15, -0.1) is 0 Å². The van der Waals surface area contributed by atoms with Crippen LogP contribution in [0, 0.1) is 0 Å². The molecule has 1 heterocycles. The first-order valence-corrected chi connectivity index (χ1v) is 7.22. The molecule has 0 unspecified atom stereocenters. The molecule has 1 fully saturated rings. The minimum absolute atomic E-state index is 0.00536. The third kappa shape index (κ3) is 5.55. The average Bonchev–Trinajstić information content (AvgIpc) is 2.46. The van der Waals surface area contributed by atoms with Crippen LogP contribution in [0.4, 0.5) is 18.9 Å². The highest BCUT2D eigenvalue weighted by Gasteiger charge is 2.29. The maximum atomic E-state index is 12.2. The first-order chi connectivity index (χ1) is 9.96. The van der Waals surface area contributed by atoms with Crippen LogP contribution in [0.15, 0.2) is 24.3 Å². The molecule has 118 valence electrons. The van der Waals surface area contributed by atoms with Crippen molar-refractivity contribution in [2.75, 3.05) is 25.0 Å². The van der Waals surface area contributed by atoms with Gasteiger partial charge in [0.25, 0.3) is 0 Å². The highest BCUT2D eigenvalue weighted by molar-refractivity contribution is 5.46. The van der Waals surface area contributed by atoms with Crippen LogP contribution in [-0.2, 0) is 6.61 Å². The van der Waals surface area contributed by atoms with E-state index in [4.69, 9.17) is 5.11 Å². The lowest BCUT2D eigenvalue weighted by Crippen LogP contribution is -2.40. The number of aliphatic hydroxyl groups is 1. The molecule has 2 rings (SSSR count). The Hall–Kier alpha value is -1.27. The highest BCUT2D eigenvalue weighted by atomic mass is 19.4. The predicted molar refractivity (Wildman–Crippen MR) is 76.1 cm³/mol. The fraction of sp³-hybridized carbons (Fsp3) is 0.600. The molecule has 0 atom stereocenters. The summed E-state index contributed by atoms with van der Waals surface area (Å²) in [7, 11) is 0. The predicted octanol–water partition coefficient (Wildman–Crippen LogP) is 3.01. The summed E-state index contributed by atoms with van der Waals surface area (Å²) in [5.74, 6) is 0. The summed E-state index contributed by atoms with van der Waals surface area (Å²) in [6, 6.07) is 7.85. The van der Waals surface area contributed by atoms with E-state index in [1.807, 2.05) is 29.2 Å². The fourth-order valence-corrected chi connectivity index (χ4v) is 2.58. The summed E-state index contributed by atoms with van der Waals surface area (Å²) in [6.07, 6.45) is -3.13. The summed E-state index contributed by atoms with van der Waals surface area (Å²) < 4.78 is 36.6. The maximum Gasteiger partial charge on any atom is 0.390 e. The van der Waals surface area contributed by atoms with Gasteiger partial charge >= 0.3 is 6.18 Å². The van der Waals surface area contributed by atoms with Gasteiger partial charge in [-0.2, -0.15) is 13.2 Å². The molecular formula is C15H21F3N2O. The molecule has 0 amide bonds.